The molecule has 0 heterocycles. The molecule has 21 heavy (non-hydrogen) atoms. The molecule has 0 bridgehead atoms. The highest BCUT2D eigenvalue weighted by atomic mass is 35.5. The average Bonchev–Trinajstić information content (AvgIpc) is 2.48. The number of carbonyl (C=O) groups is 2. The summed E-state index contributed by atoms with van der Waals surface area (Å²) in [5.41, 5.74) is 3.54. The second-order valence-electron chi connectivity index (χ2n) is 5.00. The van der Waals surface area contributed by atoms with Gasteiger partial charge in [-0.15, -0.1) is 0 Å². The topological polar surface area (TPSA) is 34.1 Å². The Labute approximate surface area is 129 Å². The van der Waals surface area contributed by atoms with E-state index < -0.39 is 0 Å². The summed E-state index contributed by atoms with van der Waals surface area (Å²) in [6, 6.07) is 17.6. The number of hydrogen-bond acceptors (Lipinski definition) is 2. The third-order valence-electron chi connectivity index (χ3n) is 3.37. The number of benzene rings is 2. The van der Waals surface area contributed by atoms with Gasteiger partial charge in [-0.05, 0) is 34.7 Å². The van der Waals surface area contributed by atoms with Crippen LogP contribution >= 0.6 is 11.6 Å². The van der Waals surface area contributed by atoms with Gasteiger partial charge in [-0.25, -0.2) is 0 Å². The molecule has 0 aromatic heterocycles. The van der Waals surface area contributed by atoms with Gasteiger partial charge in [-0.3, -0.25) is 9.59 Å². The number of Topliss-reactive ketones (excluding diaryl/α,β-unsaturated/α-hetero) is 1. The van der Waals surface area contributed by atoms with Crippen LogP contribution in [0.1, 0.15) is 23.1 Å². The highest BCUT2D eigenvalue weighted by molar-refractivity contribution is 6.63. The van der Waals surface area contributed by atoms with Crippen molar-refractivity contribution < 1.29 is 9.59 Å². The molecule has 0 amide bonds. The summed E-state index contributed by atoms with van der Waals surface area (Å²) < 4.78 is 0. The molecule has 3 rings (SSSR count). The largest absolute Gasteiger partial charge is 0.299 e. The van der Waals surface area contributed by atoms with Gasteiger partial charge in [0.25, 0.3) is 0 Å². The van der Waals surface area contributed by atoms with Crippen molar-refractivity contribution in [1.29, 1.82) is 0 Å². The van der Waals surface area contributed by atoms with Crippen molar-refractivity contribution in [2.24, 2.45) is 0 Å². The number of halogens is 1. The Morgan fingerprint density at radius 3 is 2.19 bits per heavy atom. The van der Waals surface area contributed by atoms with Crippen LogP contribution in [0, 0.1) is 0 Å². The predicted octanol–water partition coefficient (Wildman–Crippen LogP) is 3.74. The fraction of sp³-hybridized carbons (Fsp3) is 0.222. The van der Waals surface area contributed by atoms with Crippen LogP contribution in [0.15, 0.2) is 54.6 Å². The van der Waals surface area contributed by atoms with Crippen molar-refractivity contribution in [2.45, 2.75) is 25.7 Å². The second-order valence-corrected chi connectivity index (χ2v) is 5.42. The van der Waals surface area contributed by atoms with Crippen molar-refractivity contribution in [2.75, 3.05) is 0 Å². The van der Waals surface area contributed by atoms with Crippen LogP contribution in [-0.4, -0.2) is 11.0 Å². The molecule has 1 aliphatic carbocycles. The molecule has 2 nitrogen and oxygen atoms in total. The number of rotatable bonds is 2. The first-order valence-corrected chi connectivity index (χ1v) is 7.33. The van der Waals surface area contributed by atoms with Gasteiger partial charge < -0.3 is 0 Å². The van der Waals surface area contributed by atoms with E-state index in [0.717, 1.165) is 18.4 Å². The minimum Gasteiger partial charge on any atom is -0.299 e. The molecule has 3 heteroatoms. The molecule has 108 valence electrons. The van der Waals surface area contributed by atoms with Gasteiger partial charge in [0.15, 0.2) is 0 Å². The molecule has 0 spiro atoms. The zero-order chi connectivity index (χ0) is 15.1. The first-order chi connectivity index (χ1) is 10.1. The number of ketones is 1. The predicted molar refractivity (Wildman–Crippen MR) is 84.5 cm³/mol. The lowest BCUT2D eigenvalue weighted by Crippen LogP contribution is -2.12. The monoisotopic (exact) mass is 300 g/mol. The van der Waals surface area contributed by atoms with Crippen LogP contribution in [0.25, 0.3) is 0 Å². The fourth-order valence-electron chi connectivity index (χ4n) is 2.31. The first-order valence-electron chi connectivity index (χ1n) is 6.96. The molecule has 2 aromatic rings. The van der Waals surface area contributed by atoms with Crippen molar-refractivity contribution in [3.05, 3.63) is 71.3 Å². The van der Waals surface area contributed by atoms with Crippen LogP contribution < -0.4 is 0 Å². The van der Waals surface area contributed by atoms with E-state index in [-0.39, 0.29) is 5.24 Å². The molecule has 0 radical (unpaired) electrons. The van der Waals surface area contributed by atoms with Gasteiger partial charge in [-0.2, -0.15) is 0 Å². The highest BCUT2D eigenvalue weighted by Gasteiger charge is 2.13. The maximum Gasteiger partial charge on any atom is 0.226 e. The van der Waals surface area contributed by atoms with Crippen molar-refractivity contribution in [3.8, 4) is 0 Å². The number of fused-ring (bicyclic) bond motifs is 1. The molecule has 1 aliphatic rings. The van der Waals surface area contributed by atoms with E-state index in [0.29, 0.717) is 18.6 Å². The minimum absolute atomic E-state index is 0.314. The lowest BCUT2D eigenvalue weighted by atomic mass is 9.91. The molecular weight excluding hydrogens is 284 g/mol. The Morgan fingerprint density at radius 1 is 0.905 bits per heavy atom. The summed E-state index contributed by atoms with van der Waals surface area (Å²) in [4.78, 5) is 21.4. The summed E-state index contributed by atoms with van der Waals surface area (Å²) in [5.74, 6) is 0.378. The summed E-state index contributed by atoms with van der Waals surface area (Å²) in [6.45, 7) is 0. The van der Waals surface area contributed by atoms with Crippen LogP contribution in [0.2, 0.25) is 0 Å². The van der Waals surface area contributed by atoms with Gasteiger partial charge in [0, 0.05) is 19.3 Å². The van der Waals surface area contributed by atoms with Gasteiger partial charge in [0.2, 0.25) is 5.24 Å². The van der Waals surface area contributed by atoms with Crippen molar-refractivity contribution >= 4 is 22.6 Å². The standard InChI is InChI=1S/C10H10O.C8H7ClO/c11-10-6-5-8-3-1-2-4-9(8)7-10;9-8(10)6-7-4-2-1-3-5-7/h1-4H,5-7H2;1-5H,6H2. The van der Waals surface area contributed by atoms with E-state index in [2.05, 4.69) is 6.07 Å². The van der Waals surface area contributed by atoms with Gasteiger partial charge >= 0.3 is 0 Å². The summed E-state index contributed by atoms with van der Waals surface area (Å²) >= 11 is 5.17. The Balaban J connectivity index is 0.000000155. The second kappa shape index (κ2) is 7.75. The van der Waals surface area contributed by atoms with E-state index in [1.807, 2.05) is 48.5 Å². The maximum absolute atomic E-state index is 11.0. The molecule has 0 saturated heterocycles. The molecule has 0 saturated carbocycles. The van der Waals surface area contributed by atoms with E-state index in [1.165, 1.54) is 11.1 Å². The van der Waals surface area contributed by atoms with Gasteiger partial charge in [-0.1, -0.05) is 54.6 Å². The van der Waals surface area contributed by atoms with Crippen LogP contribution in [-0.2, 0) is 28.9 Å². The fourth-order valence-corrected chi connectivity index (χ4v) is 2.46. The average molecular weight is 301 g/mol. The third kappa shape index (κ3) is 5.16. The molecular formula is C18H17ClO2. The normalized spacial score (nSPS) is 12.9. The molecule has 0 aliphatic heterocycles. The number of aryl methyl sites for hydroxylation is 1. The minimum atomic E-state index is -0.314. The Bertz CT molecular complexity index is 620. The Kier molecular flexibility index (Phi) is 5.70. The van der Waals surface area contributed by atoms with Crippen molar-refractivity contribution in [1.82, 2.24) is 0 Å². The van der Waals surface area contributed by atoms with E-state index in [1.54, 1.807) is 0 Å². The van der Waals surface area contributed by atoms with E-state index in [4.69, 9.17) is 11.6 Å². The molecule has 0 atom stereocenters. The number of carbonyl (C=O) groups excluding carboxylic acids is 2. The zero-order valence-corrected chi connectivity index (χ0v) is 12.5. The van der Waals surface area contributed by atoms with Gasteiger partial charge in [0.1, 0.15) is 5.78 Å². The first kappa shape index (κ1) is 15.5. The molecule has 0 unspecified atom stereocenters. The highest BCUT2D eigenvalue weighted by Crippen LogP contribution is 2.17. The Morgan fingerprint density at radius 2 is 1.52 bits per heavy atom. The van der Waals surface area contributed by atoms with E-state index >= 15 is 0 Å². The summed E-state index contributed by atoms with van der Waals surface area (Å²) in [6.07, 6.45) is 2.64. The number of hydrogen-bond donors (Lipinski definition) is 0. The lowest BCUT2D eigenvalue weighted by Gasteiger charge is -2.13. The molecule has 0 N–H and O–H groups in total. The van der Waals surface area contributed by atoms with Crippen LogP contribution in [0.4, 0.5) is 0 Å². The molecule has 2 aromatic carbocycles. The Hall–Kier alpha value is -1.93. The van der Waals surface area contributed by atoms with E-state index in [9.17, 15) is 9.59 Å². The SMILES string of the molecule is O=C(Cl)Cc1ccccc1.O=C1CCc2ccccc2C1. The lowest BCUT2D eigenvalue weighted by molar-refractivity contribution is -0.118. The molecule has 0 fully saturated rings. The quantitative estimate of drug-likeness (QED) is 0.792. The third-order valence-corrected chi connectivity index (χ3v) is 3.50. The van der Waals surface area contributed by atoms with Gasteiger partial charge in [0.05, 0.1) is 0 Å². The van der Waals surface area contributed by atoms with Crippen LogP contribution in [0.5, 0.6) is 0 Å². The van der Waals surface area contributed by atoms with Crippen LogP contribution in [0.3, 0.4) is 0 Å². The summed E-state index contributed by atoms with van der Waals surface area (Å²) in [5, 5.41) is -0.314. The smallest absolute Gasteiger partial charge is 0.226 e. The summed E-state index contributed by atoms with van der Waals surface area (Å²) in [7, 11) is 0. The maximum atomic E-state index is 11.0. The zero-order valence-electron chi connectivity index (χ0n) is 11.7. The van der Waals surface area contributed by atoms with Crippen molar-refractivity contribution in [3.63, 3.8) is 0 Å².